The van der Waals surface area contributed by atoms with E-state index in [0.29, 0.717) is 11.4 Å². The standard InChI is InChI=1S/C30H43FN2O2/c1-3-5-6-7-8-9-10-11-13-24-21-32-29(33-22-24)25-16-19-27(28(31)20-25)30(34)35-26-17-14-23(12-4-2)15-18-26/h16,19-23,26H,3-15,17-18H2,1-2H3. The first-order valence-corrected chi connectivity index (χ1v) is 13.9. The largest absolute Gasteiger partial charge is 0.459 e. The van der Waals surface area contributed by atoms with Crippen LogP contribution in [0.3, 0.4) is 0 Å². The molecule has 0 amide bonds. The zero-order chi connectivity index (χ0) is 24.9. The Kier molecular flexibility index (Phi) is 11.7. The lowest BCUT2D eigenvalue weighted by Gasteiger charge is -2.28. The summed E-state index contributed by atoms with van der Waals surface area (Å²) in [6, 6.07) is 4.53. The Morgan fingerprint density at radius 1 is 0.914 bits per heavy atom. The molecular formula is C30H43FN2O2. The van der Waals surface area contributed by atoms with Crippen molar-refractivity contribution < 1.29 is 13.9 Å². The predicted octanol–water partition coefficient (Wildman–Crippen LogP) is 8.48. The molecule has 1 aliphatic carbocycles. The number of aryl methyl sites for hydroxylation is 1. The molecular weight excluding hydrogens is 439 g/mol. The number of hydrogen-bond donors (Lipinski definition) is 0. The number of rotatable bonds is 14. The van der Waals surface area contributed by atoms with Gasteiger partial charge in [0.15, 0.2) is 5.82 Å². The number of unbranched alkanes of at least 4 members (excludes halogenated alkanes) is 7. The minimum absolute atomic E-state index is 0.0178. The average Bonchev–Trinajstić information content (AvgIpc) is 2.87. The van der Waals surface area contributed by atoms with E-state index in [1.165, 1.54) is 69.9 Å². The highest BCUT2D eigenvalue weighted by Crippen LogP contribution is 2.30. The second kappa shape index (κ2) is 15.0. The van der Waals surface area contributed by atoms with Gasteiger partial charge in [-0.15, -0.1) is 0 Å². The highest BCUT2D eigenvalue weighted by molar-refractivity contribution is 5.90. The summed E-state index contributed by atoms with van der Waals surface area (Å²) in [6.45, 7) is 4.45. The number of carbonyl (C=O) groups is 1. The molecule has 0 radical (unpaired) electrons. The molecule has 0 aliphatic heterocycles. The molecule has 1 heterocycles. The Labute approximate surface area is 211 Å². The van der Waals surface area contributed by atoms with Crippen molar-refractivity contribution in [3.63, 3.8) is 0 Å². The topological polar surface area (TPSA) is 52.1 Å². The van der Waals surface area contributed by atoms with Gasteiger partial charge in [-0.1, -0.05) is 77.7 Å². The molecule has 0 N–H and O–H groups in total. The molecule has 1 aliphatic rings. The monoisotopic (exact) mass is 482 g/mol. The Bertz CT molecular complexity index is 892. The summed E-state index contributed by atoms with van der Waals surface area (Å²) in [5, 5.41) is 0. The van der Waals surface area contributed by atoms with E-state index in [4.69, 9.17) is 4.74 Å². The van der Waals surface area contributed by atoms with Crippen molar-refractivity contribution in [3.05, 3.63) is 47.5 Å². The van der Waals surface area contributed by atoms with Crippen molar-refractivity contribution in [2.75, 3.05) is 0 Å². The van der Waals surface area contributed by atoms with Gasteiger partial charge in [-0.3, -0.25) is 0 Å². The maximum atomic E-state index is 14.8. The minimum Gasteiger partial charge on any atom is -0.459 e. The number of aromatic nitrogens is 2. The van der Waals surface area contributed by atoms with Crippen LogP contribution in [-0.4, -0.2) is 22.0 Å². The molecule has 0 unspecified atom stereocenters. The Hall–Kier alpha value is -2.30. The number of hydrogen-bond acceptors (Lipinski definition) is 4. The minimum atomic E-state index is -0.584. The number of carbonyl (C=O) groups excluding carboxylic acids is 1. The van der Waals surface area contributed by atoms with Gasteiger partial charge in [-0.2, -0.15) is 0 Å². The van der Waals surface area contributed by atoms with Gasteiger partial charge in [0.05, 0.1) is 5.56 Å². The quantitative estimate of drug-likeness (QED) is 0.200. The average molecular weight is 483 g/mol. The molecule has 35 heavy (non-hydrogen) atoms. The normalized spacial score (nSPS) is 17.9. The van der Waals surface area contributed by atoms with E-state index in [9.17, 15) is 9.18 Å². The van der Waals surface area contributed by atoms with Gasteiger partial charge in [-0.25, -0.2) is 19.2 Å². The van der Waals surface area contributed by atoms with Gasteiger partial charge in [0.1, 0.15) is 11.9 Å². The molecule has 0 bridgehead atoms. The number of ether oxygens (including phenoxy) is 1. The summed E-state index contributed by atoms with van der Waals surface area (Å²) >= 11 is 0. The summed E-state index contributed by atoms with van der Waals surface area (Å²) in [5.74, 6) is 0.0452. The fourth-order valence-corrected chi connectivity index (χ4v) is 5.08. The van der Waals surface area contributed by atoms with E-state index >= 15 is 0 Å². The van der Waals surface area contributed by atoms with E-state index in [-0.39, 0.29) is 11.7 Å². The Morgan fingerprint density at radius 2 is 1.57 bits per heavy atom. The van der Waals surface area contributed by atoms with E-state index in [0.717, 1.165) is 50.0 Å². The van der Waals surface area contributed by atoms with Gasteiger partial charge in [0.25, 0.3) is 0 Å². The van der Waals surface area contributed by atoms with Crippen LogP contribution in [0.15, 0.2) is 30.6 Å². The first-order chi connectivity index (χ1) is 17.1. The molecule has 192 valence electrons. The molecule has 1 fully saturated rings. The zero-order valence-electron chi connectivity index (χ0n) is 21.7. The van der Waals surface area contributed by atoms with Crippen LogP contribution in [0.4, 0.5) is 4.39 Å². The van der Waals surface area contributed by atoms with Crippen molar-refractivity contribution in [1.29, 1.82) is 0 Å². The molecule has 1 aromatic carbocycles. The van der Waals surface area contributed by atoms with E-state index in [1.54, 1.807) is 6.07 Å². The SMILES string of the molecule is CCCCCCCCCCc1cnc(-c2ccc(C(=O)OC3CCC(CCC)CC3)c(F)c2)nc1. The van der Waals surface area contributed by atoms with E-state index < -0.39 is 11.8 Å². The maximum absolute atomic E-state index is 14.8. The molecule has 1 saturated carbocycles. The lowest BCUT2D eigenvalue weighted by atomic mass is 9.85. The van der Waals surface area contributed by atoms with Crippen LogP contribution in [0.1, 0.15) is 120 Å². The van der Waals surface area contributed by atoms with Crippen molar-refractivity contribution in [3.8, 4) is 11.4 Å². The summed E-state index contributed by atoms with van der Waals surface area (Å²) in [4.78, 5) is 21.4. The molecule has 2 aromatic rings. The maximum Gasteiger partial charge on any atom is 0.341 e. The van der Waals surface area contributed by atoms with Crippen LogP contribution in [0.2, 0.25) is 0 Å². The van der Waals surface area contributed by atoms with E-state index in [2.05, 4.69) is 23.8 Å². The molecule has 1 aromatic heterocycles. The molecule has 5 heteroatoms. The zero-order valence-corrected chi connectivity index (χ0v) is 21.7. The summed E-state index contributed by atoms with van der Waals surface area (Å²) in [5.41, 5.74) is 1.66. The van der Waals surface area contributed by atoms with Gasteiger partial charge < -0.3 is 4.74 Å². The number of nitrogens with zero attached hydrogens (tertiary/aromatic N) is 2. The first kappa shape index (κ1) is 27.3. The summed E-state index contributed by atoms with van der Waals surface area (Å²) in [7, 11) is 0. The highest BCUT2D eigenvalue weighted by atomic mass is 19.1. The van der Waals surface area contributed by atoms with Gasteiger partial charge in [-0.05, 0) is 62.1 Å². The van der Waals surface area contributed by atoms with E-state index in [1.807, 2.05) is 12.4 Å². The van der Waals surface area contributed by atoms with Crippen molar-refractivity contribution in [1.82, 2.24) is 9.97 Å². The van der Waals surface area contributed by atoms with Crippen LogP contribution < -0.4 is 0 Å². The molecule has 0 spiro atoms. The summed E-state index contributed by atoms with van der Waals surface area (Å²) in [6.07, 6.45) is 21.2. The second-order valence-corrected chi connectivity index (χ2v) is 10.2. The van der Waals surface area contributed by atoms with Crippen LogP contribution in [0.25, 0.3) is 11.4 Å². The number of benzene rings is 1. The smallest absolute Gasteiger partial charge is 0.341 e. The Morgan fingerprint density at radius 3 is 2.20 bits per heavy atom. The lowest BCUT2D eigenvalue weighted by molar-refractivity contribution is 0.0157. The molecule has 0 saturated heterocycles. The van der Waals surface area contributed by atoms with Gasteiger partial charge in [0, 0.05) is 18.0 Å². The van der Waals surface area contributed by atoms with Crippen molar-refractivity contribution in [2.45, 2.75) is 116 Å². The van der Waals surface area contributed by atoms with Gasteiger partial charge >= 0.3 is 5.97 Å². The molecule has 0 atom stereocenters. The fraction of sp³-hybridized carbons (Fsp3) is 0.633. The Balaban J connectivity index is 1.45. The highest BCUT2D eigenvalue weighted by Gasteiger charge is 2.25. The summed E-state index contributed by atoms with van der Waals surface area (Å²) < 4.78 is 20.4. The third kappa shape index (κ3) is 9.01. The first-order valence-electron chi connectivity index (χ1n) is 13.9. The predicted molar refractivity (Wildman–Crippen MR) is 140 cm³/mol. The number of halogens is 1. The third-order valence-electron chi connectivity index (χ3n) is 7.24. The number of esters is 1. The van der Waals surface area contributed by atoms with Crippen molar-refractivity contribution in [2.24, 2.45) is 5.92 Å². The lowest BCUT2D eigenvalue weighted by Crippen LogP contribution is -2.25. The van der Waals surface area contributed by atoms with Crippen molar-refractivity contribution >= 4 is 5.97 Å². The van der Waals surface area contributed by atoms with Crippen LogP contribution in [0.5, 0.6) is 0 Å². The van der Waals surface area contributed by atoms with Crippen LogP contribution >= 0.6 is 0 Å². The third-order valence-corrected chi connectivity index (χ3v) is 7.24. The molecule has 4 nitrogen and oxygen atoms in total. The molecule has 3 rings (SSSR count). The fourth-order valence-electron chi connectivity index (χ4n) is 5.08. The van der Waals surface area contributed by atoms with Crippen LogP contribution in [-0.2, 0) is 11.2 Å². The second-order valence-electron chi connectivity index (χ2n) is 10.2. The van der Waals surface area contributed by atoms with Crippen LogP contribution in [0, 0.1) is 11.7 Å². The van der Waals surface area contributed by atoms with Gasteiger partial charge in [0.2, 0.25) is 0 Å².